The van der Waals surface area contributed by atoms with Crippen LogP contribution < -0.4 is 4.74 Å². The molecule has 4 nitrogen and oxygen atoms in total. The van der Waals surface area contributed by atoms with E-state index in [2.05, 4.69) is 10.2 Å². The molecule has 0 amide bonds. The monoisotopic (exact) mass is 461 g/mol. The summed E-state index contributed by atoms with van der Waals surface area (Å²) in [7, 11) is 0. The number of hydrogen-bond donors (Lipinski definition) is 1. The molecule has 1 N–H and O–H groups in total. The van der Waals surface area contributed by atoms with Crippen LogP contribution in [0.5, 0.6) is 5.75 Å². The van der Waals surface area contributed by atoms with Gasteiger partial charge in [-0.1, -0.05) is 60.1 Å². The van der Waals surface area contributed by atoms with Crippen molar-refractivity contribution in [2.24, 2.45) is 0 Å². The second-order valence-electron chi connectivity index (χ2n) is 6.59. The summed E-state index contributed by atoms with van der Waals surface area (Å²) in [6.07, 6.45) is -4.59. The Bertz CT molecular complexity index is 1270. The summed E-state index contributed by atoms with van der Waals surface area (Å²) >= 11 is 11.0. The zero-order valence-electron chi connectivity index (χ0n) is 15.9. The smallest absolute Gasteiger partial charge is 0.417 e. The van der Waals surface area contributed by atoms with Crippen LogP contribution in [-0.4, -0.2) is 14.8 Å². The Morgan fingerprint density at radius 1 is 1.00 bits per heavy atom. The largest absolute Gasteiger partial charge is 0.485 e. The Morgan fingerprint density at radius 2 is 1.71 bits per heavy atom. The van der Waals surface area contributed by atoms with Crippen LogP contribution in [0.1, 0.15) is 11.4 Å². The number of aromatic amines is 1. The first-order valence-corrected chi connectivity index (χ1v) is 9.94. The zero-order chi connectivity index (χ0) is 22.0. The predicted molar refractivity (Wildman–Crippen MR) is 115 cm³/mol. The minimum atomic E-state index is -4.59. The maximum absolute atomic E-state index is 13.3. The molecule has 1 heterocycles. The normalized spacial score (nSPS) is 11.5. The van der Waals surface area contributed by atoms with Gasteiger partial charge in [0.05, 0.1) is 16.3 Å². The van der Waals surface area contributed by atoms with Gasteiger partial charge in [0.15, 0.2) is 10.6 Å². The van der Waals surface area contributed by atoms with Crippen molar-refractivity contribution < 1.29 is 17.9 Å². The quantitative estimate of drug-likeness (QED) is 0.330. The molecule has 0 spiro atoms. The van der Waals surface area contributed by atoms with Crippen LogP contribution in [0, 0.1) is 4.77 Å². The highest BCUT2D eigenvalue weighted by Gasteiger charge is 2.33. The third-order valence-corrected chi connectivity index (χ3v) is 5.19. The standard InChI is InChI=1S/C22H15ClF3N3OS/c23-18-11-10-15(12-17(18)22(24,25)26)29-20(27-28-21(29)31)13-30-19-9-5-4-8-16(19)14-6-2-1-3-7-14/h1-12H,13H2,(H,28,31). The highest BCUT2D eigenvalue weighted by Crippen LogP contribution is 2.36. The Kier molecular flexibility index (Phi) is 5.84. The van der Waals surface area contributed by atoms with Crippen LogP contribution in [0.3, 0.4) is 0 Å². The molecule has 0 aliphatic heterocycles. The minimum absolute atomic E-state index is 0.0129. The number of rotatable bonds is 5. The second-order valence-corrected chi connectivity index (χ2v) is 7.39. The van der Waals surface area contributed by atoms with E-state index in [9.17, 15) is 13.2 Å². The van der Waals surface area contributed by atoms with Crippen molar-refractivity contribution in [2.45, 2.75) is 12.8 Å². The summed E-state index contributed by atoms with van der Waals surface area (Å²) in [5.74, 6) is 0.935. The second kappa shape index (κ2) is 8.56. The number of hydrogen-bond acceptors (Lipinski definition) is 3. The fourth-order valence-electron chi connectivity index (χ4n) is 3.15. The van der Waals surface area contributed by atoms with Crippen molar-refractivity contribution in [2.75, 3.05) is 0 Å². The summed E-state index contributed by atoms with van der Waals surface area (Å²) in [6.45, 7) is -0.0129. The number of aromatic nitrogens is 3. The van der Waals surface area contributed by atoms with Gasteiger partial charge in [0.25, 0.3) is 0 Å². The molecule has 0 radical (unpaired) electrons. The molecule has 0 atom stereocenters. The number of alkyl halides is 3. The van der Waals surface area contributed by atoms with Crippen LogP contribution in [0.4, 0.5) is 13.2 Å². The average molecular weight is 462 g/mol. The summed E-state index contributed by atoms with van der Waals surface area (Å²) in [6, 6.07) is 20.8. The average Bonchev–Trinajstić information content (AvgIpc) is 3.13. The number of nitrogens with zero attached hydrogens (tertiary/aromatic N) is 2. The lowest BCUT2D eigenvalue weighted by molar-refractivity contribution is -0.137. The first-order chi connectivity index (χ1) is 14.8. The van der Waals surface area contributed by atoms with Gasteiger partial charge in [-0.3, -0.25) is 9.67 Å². The molecule has 0 unspecified atom stereocenters. The maximum atomic E-state index is 13.3. The Balaban J connectivity index is 1.67. The third-order valence-electron chi connectivity index (χ3n) is 4.58. The molecule has 31 heavy (non-hydrogen) atoms. The number of halogens is 4. The van der Waals surface area contributed by atoms with Crippen LogP contribution in [0.2, 0.25) is 5.02 Å². The molecule has 0 bridgehead atoms. The van der Waals surface area contributed by atoms with E-state index in [1.807, 2.05) is 54.6 Å². The lowest BCUT2D eigenvalue weighted by Gasteiger charge is -2.14. The zero-order valence-corrected chi connectivity index (χ0v) is 17.4. The SMILES string of the molecule is FC(F)(F)c1cc(-n2c(COc3ccccc3-c3ccccc3)n[nH]c2=S)ccc1Cl. The Morgan fingerprint density at radius 3 is 2.45 bits per heavy atom. The van der Waals surface area contributed by atoms with Crippen molar-refractivity contribution in [3.63, 3.8) is 0 Å². The summed E-state index contributed by atoms with van der Waals surface area (Å²) in [4.78, 5) is 0. The minimum Gasteiger partial charge on any atom is -0.485 e. The number of benzene rings is 3. The molecule has 9 heteroatoms. The van der Waals surface area contributed by atoms with E-state index < -0.39 is 11.7 Å². The number of H-pyrrole nitrogens is 1. The highest BCUT2D eigenvalue weighted by atomic mass is 35.5. The lowest BCUT2D eigenvalue weighted by atomic mass is 10.1. The van der Waals surface area contributed by atoms with E-state index >= 15 is 0 Å². The summed E-state index contributed by atoms with van der Waals surface area (Å²) < 4.78 is 47.4. The fourth-order valence-corrected chi connectivity index (χ4v) is 3.63. The van der Waals surface area contributed by atoms with Crippen LogP contribution >= 0.6 is 23.8 Å². The van der Waals surface area contributed by atoms with Crippen molar-refractivity contribution in [3.8, 4) is 22.6 Å². The van der Waals surface area contributed by atoms with Gasteiger partial charge in [0.2, 0.25) is 0 Å². The highest BCUT2D eigenvalue weighted by molar-refractivity contribution is 7.71. The van der Waals surface area contributed by atoms with E-state index in [0.29, 0.717) is 11.6 Å². The van der Waals surface area contributed by atoms with Crippen LogP contribution in [0.15, 0.2) is 72.8 Å². The van der Waals surface area contributed by atoms with Gasteiger partial charge in [-0.15, -0.1) is 0 Å². The molecule has 4 aromatic rings. The number of ether oxygens (including phenoxy) is 1. The first kappa shape index (κ1) is 21.1. The van der Waals surface area contributed by atoms with E-state index in [1.54, 1.807) is 0 Å². The molecule has 4 rings (SSSR count). The van der Waals surface area contributed by atoms with E-state index in [1.165, 1.54) is 16.7 Å². The van der Waals surface area contributed by atoms with E-state index in [0.717, 1.165) is 17.2 Å². The molecular formula is C22H15ClF3N3OS. The molecule has 1 aromatic heterocycles. The molecule has 0 saturated carbocycles. The lowest BCUT2D eigenvalue weighted by Crippen LogP contribution is -2.10. The van der Waals surface area contributed by atoms with Gasteiger partial charge in [0.1, 0.15) is 12.4 Å². The van der Waals surface area contributed by atoms with Gasteiger partial charge >= 0.3 is 6.18 Å². The summed E-state index contributed by atoms with van der Waals surface area (Å²) in [5, 5.41) is 6.35. The van der Waals surface area contributed by atoms with Gasteiger partial charge in [-0.2, -0.15) is 18.3 Å². The van der Waals surface area contributed by atoms with Crippen molar-refractivity contribution in [1.29, 1.82) is 0 Å². The fraction of sp³-hybridized carbons (Fsp3) is 0.0909. The van der Waals surface area contributed by atoms with Gasteiger partial charge in [0, 0.05) is 5.56 Å². The first-order valence-electron chi connectivity index (χ1n) is 9.15. The van der Waals surface area contributed by atoms with Gasteiger partial charge < -0.3 is 4.74 Å². The third kappa shape index (κ3) is 4.50. The Hall–Kier alpha value is -3.10. The van der Waals surface area contributed by atoms with Gasteiger partial charge in [-0.25, -0.2) is 0 Å². The van der Waals surface area contributed by atoms with Crippen molar-refractivity contribution >= 4 is 23.8 Å². The van der Waals surface area contributed by atoms with Crippen molar-refractivity contribution in [1.82, 2.24) is 14.8 Å². The molecule has 3 aromatic carbocycles. The van der Waals surface area contributed by atoms with Crippen molar-refractivity contribution in [3.05, 3.63) is 94.0 Å². The number of para-hydroxylation sites is 1. The topological polar surface area (TPSA) is 42.8 Å². The maximum Gasteiger partial charge on any atom is 0.417 e. The van der Waals surface area contributed by atoms with Gasteiger partial charge in [-0.05, 0) is 42.0 Å². The van der Waals surface area contributed by atoms with E-state index in [-0.39, 0.29) is 22.1 Å². The Labute approximate surface area is 185 Å². The molecule has 0 fully saturated rings. The molecule has 0 aliphatic carbocycles. The predicted octanol–water partition coefficient (Wildman–Crippen LogP) is 6.85. The molecule has 0 saturated heterocycles. The molecule has 0 aliphatic rings. The molecular weight excluding hydrogens is 447 g/mol. The summed E-state index contributed by atoms with van der Waals surface area (Å²) in [5.41, 5.74) is 1.10. The van der Waals surface area contributed by atoms with Crippen LogP contribution in [-0.2, 0) is 12.8 Å². The number of nitrogens with one attached hydrogen (secondary N) is 1. The van der Waals surface area contributed by atoms with Crippen LogP contribution in [0.25, 0.3) is 16.8 Å². The molecule has 158 valence electrons. The van der Waals surface area contributed by atoms with E-state index in [4.69, 9.17) is 28.6 Å².